The molecule has 0 aliphatic carbocycles. The fraction of sp³-hybridized carbons (Fsp3) is 0.643. The van der Waals surface area contributed by atoms with Gasteiger partial charge in [-0.05, 0) is 27.9 Å². The maximum absolute atomic E-state index is 12.1. The predicted molar refractivity (Wildman–Crippen MR) is 87.2 cm³/mol. The van der Waals surface area contributed by atoms with Gasteiger partial charge in [0, 0.05) is 25.1 Å². The number of nitrogens with one attached hydrogen (secondary N) is 1. The summed E-state index contributed by atoms with van der Waals surface area (Å²) in [5.74, 6) is -0.456. The third-order valence-corrected chi connectivity index (χ3v) is 4.04. The molecule has 7 nitrogen and oxygen atoms in total. The van der Waals surface area contributed by atoms with Gasteiger partial charge in [0.05, 0.1) is 5.69 Å². The van der Waals surface area contributed by atoms with Crippen LogP contribution in [0.3, 0.4) is 0 Å². The molecule has 0 saturated carbocycles. The highest BCUT2D eigenvalue weighted by atomic mass is 32.1. The number of methoxy groups -OCH3 is 1. The summed E-state index contributed by atoms with van der Waals surface area (Å²) in [6.07, 6.45) is 0. The smallest absolute Gasteiger partial charge is 0.249 e. The fourth-order valence-corrected chi connectivity index (χ4v) is 2.52. The van der Waals surface area contributed by atoms with Gasteiger partial charge in [0.1, 0.15) is 13.2 Å². The van der Waals surface area contributed by atoms with Crippen molar-refractivity contribution in [3.05, 3.63) is 10.6 Å². The number of nitrogens with zero attached hydrogens (tertiary/aromatic N) is 3. The summed E-state index contributed by atoms with van der Waals surface area (Å²) in [5.41, 5.74) is 0.903. The second-order valence-electron chi connectivity index (χ2n) is 5.26. The average molecular weight is 328 g/mol. The van der Waals surface area contributed by atoms with Crippen LogP contribution in [0.25, 0.3) is 0 Å². The van der Waals surface area contributed by atoms with E-state index in [1.54, 1.807) is 0 Å². The van der Waals surface area contributed by atoms with E-state index in [1.165, 1.54) is 23.3 Å². The molecule has 124 valence electrons. The second kappa shape index (κ2) is 8.82. The summed E-state index contributed by atoms with van der Waals surface area (Å²) in [5, 5.41) is 3.30. The van der Waals surface area contributed by atoms with E-state index in [0.29, 0.717) is 18.2 Å². The van der Waals surface area contributed by atoms with Crippen molar-refractivity contribution in [2.45, 2.75) is 13.8 Å². The quantitative estimate of drug-likeness (QED) is 0.762. The van der Waals surface area contributed by atoms with E-state index in [4.69, 9.17) is 4.74 Å². The van der Waals surface area contributed by atoms with E-state index in [-0.39, 0.29) is 25.0 Å². The first-order valence-corrected chi connectivity index (χ1v) is 7.80. The van der Waals surface area contributed by atoms with Gasteiger partial charge in [-0.2, -0.15) is 0 Å². The molecular formula is C14H24N4O3S. The Hall–Kier alpha value is -1.51. The molecule has 1 N–H and O–H groups in total. The largest absolute Gasteiger partial charge is 0.375 e. The Labute approximate surface area is 135 Å². The molecule has 1 heterocycles. The molecule has 0 bridgehead atoms. The summed E-state index contributed by atoms with van der Waals surface area (Å²) < 4.78 is 4.86. The zero-order valence-corrected chi connectivity index (χ0v) is 14.6. The van der Waals surface area contributed by atoms with Crippen LogP contribution in [0.1, 0.15) is 10.6 Å². The van der Waals surface area contributed by atoms with Crippen molar-refractivity contribution in [2.75, 3.05) is 52.8 Å². The minimum Gasteiger partial charge on any atom is -0.375 e. The van der Waals surface area contributed by atoms with Gasteiger partial charge >= 0.3 is 0 Å². The third kappa shape index (κ3) is 6.08. The van der Waals surface area contributed by atoms with Gasteiger partial charge < -0.3 is 19.9 Å². The summed E-state index contributed by atoms with van der Waals surface area (Å²) >= 11 is 1.43. The number of anilines is 1. The predicted octanol–water partition coefficient (Wildman–Crippen LogP) is 0.735. The molecule has 0 aromatic carbocycles. The Morgan fingerprint density at radius 1 is 1.27 bits per heavy atom. The fourth-order valence-electron chi connectivity index (χ4n) is 1.69. The number of likely N-dealkylation sites (N-methyl/N-ethyl adjacent to an activating group) is 1. The zero-order chi connectivity index (χ0) is 16.7. The first-order chi connectivity index (χ1) is 10.3. The van der Waals surface area contributed by atoms with Gasteiger partial charge in [-0.1, -0.05) is 0 Å². The highest BCUT2D eigenvalue weighted by molar-refractivity contribution is 7.15. The summed E-state index contributed by atoms with van der Waals surface area (Å²) in [4.78, 5) is 32.9. The van der Waals surface area contributed by atoms with Crippen LogP contribution in [0.2, 0.25) is 0 Å². The van der Waals surface area contributed by atoms with Crippen LogP contribution in [0.5, 0.6) is 0 Å². The van der Waals surface area contributed by atoms with Crippen LogP contribution in [0.15, 0.2) is 0 Å². The maximum Gasteiger partial charge on any atom is 0.249 e. The van der Waals surface area contributed by atoms with Crippen molar-refractivity contribution >= 4 is 28.3 Å². The molecule has 1 aromatic heterocycles. The van der Waals surface area contributed by atoms with Gasteiger partial charge in [0.2, 0.25) is 11.8 Å². The molecule has 8 heteroatoms. The van der Waals surface area contributed by atoms with Gasteiger partial charge in [-0.3, -0.25) is 9.59 Å². The van der Waals surface area contributed by atoms with E-state index in [0.717, 1.165) is 10.6 Å². The van der Waals surface area contributed by atoms with E-state index in [1.807, 2.05) is 32.8 Å². The van der Waals surface area contributed by atoms with Crippen molar-refractivity contribution in [1.29, 1.82) is 0 Å². The van der Waals surface area contributed by atoms with E-state index in [2.05, 4.69) is 10.3 Å². The molecule has 0 radical (unpaired) electrons. The number of hydrogen-bond acceptors (Lipinski definition) is 6. The van der Waals surface area contributed by atoms with Crippen LogP contribution in [-0.4, -0.2) is 74.0 Å². The number of aromatic nitrogens is 1. The summed E-state index contributed by atoms with van der Waals surface area (Å²) in [7, 11) is 5.30. The Bertz CT molecular complexity index is 497. The molecule has 2 amide bonds. The van der Waals surface area contributed by atoms with Crippen molar-refractivity contribution < 1.29 is 14.3 Å². The van der Waals surface area contributed by atoms with E-state index in [9.17, 15) is 9.59 Å². The zero-order valence-electron chi connectivity index (χ0n) is 13.8. The number of thiazole rings is 1. The molecule has 1 aromatic rings. The minimum atomic E-state index is -0.253. The number of ether oxygens (including phenoxy) is 1. The molecule has 22 heavy (non-hydrogen) atoms. The molecular weight excluding hydrogens is 304 g/mol. The lowest BCUT2D eigenvalue weighted by Crippen LogP contribution is -2.43. The number of amides is 2. The number of aryl methyl sites for hydroxylation is 2. The monoisotopic (exact) mass is 328 g/mol. The summed E-state index contributed by atoms with van der Waals surface area (Å²) in [6.45, 7) is 4.96. The van der Waals surface area contributed by atoms with Crippen LogP contribution < -0.4 is 5.32 Å². The minimum absolute atomic E-state index is 0.00624. The highest BCUT2D eigenvalue weighted by Gasteiger charge is 2.18. The second-order valence-corrected chi connectivity index (χ2v) is 6.46. The van der Waals surface area contributed by atoms with Crippen molar-refractivity contribution in [3.8, 4) is 0 Å². The van der Waals surface area contributed by atoms with Gasteiger partial charge in [0.15, 0.2) is 5.13 Å². The van der Waals surface area contributed by atoms with Crippen molar-refractivity contribution in [2.24, 2.45) is 0 Å². The van der Waals surface area contributed by atoms with Crippen LogP contribution in [-0.2, 0) is 14.3 Å². The molecule has 0 spiro atoms. The van der Waals surface area contributed by atoms with E-state index < -0.39 is 0 Å². The molecule has 0 aliphatic heterocycles. The number of hydrogen-bond donors (Lipinski definition) is 1. The van der Waals surface area contributed by atoms with Gasteiger partial charge in [0.25, 0.3) is 0 Å². The SMILES string of the molecule is COCC(=O)N(CCN(C)C)CC(=O)Nc1nc(C)c(C)s1. The van der Waals surface area contributed by atoms with Crippen LogP contribution >= 0.6 is 11.3 Å². The number of rotatable bonds is 8. The Morgan fingerprint density at radius 2 is 1.95 bits per heavy atom. The van der Waals surface area contributed by atoms with Crippen molar-refractivity contribution in [3.63, 3.8) is 0 Å². The molecule has 0 fully saturated rings. The maximum atomic E-state index is 12.1. The Kier molecular flexibility index (Phi) is 7.43. The molecule has 0 saturated heterocycles. The van der Waals surface area contributed by atoms with Crippen molar-refractivity contribution in [1.82, 2.24) is 14.8 Å². The molecule has 0 atom stereocenters. The Morgan fingerprint density at radius 3 is 2.45 bits per heavy atom. The van der Waals surface area contributed by atoms with Crippen LogP contribution in [0, 0.1) is 13.8 Å². The molecule has 0 unspecified atom stereocenters. The highest BCUT2D eigenvalue weighted by Crippen LogP contribution is 2.20. The molecule has 1 rings (SSSR count). The number of carbonyl (C=O) groups is 2. The number of carbonyl (C=O) groups excluding carboxylic acids is 2. The average Bonchev–Trinajstić information content (AvgIpc) is 2.73. The van der Waals surface area contributed by atoms with Gasteiger partial charge in [-0.25, -0.2) is 4.98 Å². The lowest BCUT2D eigenvalue weighted by Gasteiger charge is -2.23. The van der Waals surface area contributed by atoms with E-state index >= 15 is 0 Å². The third-order valence-electron chi connectivity index (χ3n) is 3.05. The van der Waals surface area contributed by atoms with Crippen LogP contribution in [0.4, 0.5) is 5.13 Å². The first kappa shape index (κ1) is 18.5. The topological polar surface area (TPSA) is 74.8 Å². The molecule has 0 aliphatic rings. The normalized spacial score (nSPS) is 10.8. The van der Waals surface area contributed by atoms with Gasteiger partial charge in [-0.15, -0.1) is 11.3 Å². The summed E-state index contributed by atoms with van der Waals surface area (Å²) in [6, 6.07) is 0. The Balaban J connectivity index is 2.62. The first-order valence-electron chi connectivity index (χ1n) is 6.98. The lowest BCUT2D eigenvalue weighted by molar-refractivity contribution is -0.138. The lowest BCUT2D eigenvalue weighted by atomic mass is 10.4. The standard InChI is InChI=1S/C14H24N4O3S/c1-10-11(2)22-14(15-10)16-12(19)8-18(7-6-17(3)4)13(20)9-21-5/h6-9H2,1-5H3,(H,15,16,19).